The van der Waals surface area contributed by atoms with Crippen molar-refractivity contribution in [2.75, 3.05) is 31.9 Å². The SMILES string of the molecule is Nc1ncc(-c2cnn(C3CCNCC3)c2)cc1C(=O)N[C@@H]1CCN(Cc2ccc(F)cc2)C1. The number of hydrogen-bond acceptors (Lipinski definition) is 6. The predicted molar refractivity (Wildman–Crippen MR) is 129 cm³/mol. The van der Waals surface area contributed by atoms with Crippen molar-refractivity contribution in [1.82, 2.24) is 30.3 Å². The first-order chi connectivity index (χ1) is 16.5. The number of anilines is 1. The van der Waals surface area contributed by atoms with Crippen molar-refractivity contribution in [2.24, 2.45) is 0 Å². The molecule has 1 aromatic carbocycles. The molecule has 4 heterocycles. The number of aromatic nitrogens is 3. The van der Waals surface area contributed by atoms with Crippen LogP contribution in [-0.4, -0.2) is 57.8 Å². The highest BCUT2D eigenvalue weighted by Crippen LogP contribution is 2.25. The third-order valence-electron chi connectivity index (χ3n) is 6.71. The van der Waals surface area contributed by atoms with E-state index in [-0.39, 0.29) is 23.6 Å². The molecule has 0 aliphatic carbocycles. The zero-order chi connectivity index (χ0) is 23.5. The summed E-state index contributed by atoms with van der Waals surface area (Å²) in [4.78, 5) is 19.6. The van der Waals surface area contributed by atoms with E-state index >= 15 is 0 Å². The van der Waals surface area contributed by atoms with Crippen molar-refractivity contribution in [2.45, 2.75) is 37.9 Å². The molecule has 0 radical (unpaired) electrons. The van der Waals surface area contributed by atoms with Gasteiger partial charge in [-0.1, -0.05) is 12.1 Å². The molecule has 1 amide bonds. The number of amides is 1. The van der Waals surface area contributed by atoms with Crippen LogP contribution in [0.5, 0.6) is 0 Å². The summed E-state index contributed by atoms with van der Waals surface area (Å²) in [5.74, 6) is -0.234. The van der Waals surface area contributed by atoms with Gasteiger partial charge in [0.15, 0.2) is 0 Å². The quantitative estimate of drug-likeness (QED) is 0.520. The van der Waals surface area contributed by atoms with Crippen molar-refractivity contribution in [3.63, 3.8) is 0 Å². The monoisotopic (exact) mass is 463 g/mol. The van der Waals surface area contributed by atoms with Gasteiger partial charge in [0.25, 0.3) is 5.91 Å². The number of piperidine rings is 1. The van der Waals surface area contributed by atoms with E-state index in [1.54, 1.807) is 24.4 Å². The van der Waals surface area contributed by atoms with Gasteiger partial charge in [-0.2, -0.15) is 5.10 Å². The van der Waals surface area contributed by atoms with E-state index in [9.17, 15) is 9.18 Å². The van der Waals surface area contributed by atoms with Crippen LogP contribution >= 0.6 is 0 Å². The Labute approximate surface area is 198 Å². The van der Waals surface area contributed by atoms with Gasteiger partial charge in [-0.05, 0) is 56.1 Å². The molecule has 2 aromatic heterocycles. The Morgan fingerprint density at radius 2 is 1.94 bits per heavy atom. The first-order valence-corrected chi connectivity index (χ1v) is 11.8. The molecule has 2 aliphatic heterocycles. The zero-order valence-corrected chi connectivity index (χ0v) is 19.1. The van der Waals surface area contributed by atoms with E-state index in [1.807, 2.05) is 17.1 Å². The summed E-state index contributed by atoms with van der Waals surface area (Å²) in [6.07, 6.45) is 8.48. The van der Waals surface area contributed by atoms with Gasteiger partial charge in [0.05, 0.1) is 17.8 Å². The maximum absolute atomic E-state index is 13.1. The largest absolute Gasteiger partial charge is 0.383 e. The molecule has 178 valence electrons. The Bertz CT molecular complexity index is 1140. The van der Waals surface area contributed by atoms with Crippen LogP contribution in [0, 0.1) is 5.82 Å². The van der Waals surface area contributed by atoms with Crippen molar-refractivity contribution < 1.29 is 9.18 Å². The van der Waals surface area contributed by atoms with Gasteiger partial charge in [-0.25, -0.2) is 9.37 Å². The highest BCUT2D eigenvalue weighted by Gasteiger charge is 2.25. The number of likely N-dealkylation sites (tertiary alicyclic amines) is 1. The molecule has 5 rings (SSSR count). The van der Waals surface area contributed by atoms with Crippen LogP contribution in [-0.2, 0) is 6.54 Å². The second kappa shape index (κ2) is 9.90. The molecule has 0 saturated carbocycles. The Hall–Kier alpha value is -3.30. The van der Waals surface area contributed by atoms with Crippen LogP contribution in [0.25, 0.3) is 11.1 Å². The second-order valence-electron chi connectivity index (χ2n) is 9.17. The minimum Gasteiger partial charge on any atom is -0.383 e. The van der Waals surface area contributed by atoms with Gasteiger partial charge in [0, 0.05) is 49.2 Å². The molecule has 2 aliphatic rings. The Morgan fingerprint density at radius 3 is 2.74 bits per heavy atom. The van der Waals surface area contributed by atoms with Gasteiger partial charge in [-0.15, -0.1) is 0 Å². The van der Waals surface area contributed by atoms with E-state index in [4.69, 9.17) is 5.73 Å². The Morgan fingerprint density at radius 1 is 1.15 bits per heavy atom. The first-order valence-electron chi connectivity index (χ1n) is 11.8. The summed E-state index contributed by atoms with van der Waals surface area (Å²) in [6, 6.07) is 8.76. The lowest BCUT2D eigenvalue weighted by molar-refractivity contribution is 0.0938. The third-order valence-corrected chi connectivity index (χ3v) is 6.71. The lowest BCUT2D eigenvalue weighted by atomic mass is 10.1. The van der Waals surface area contributed by atoms with E-state index in [2.05, 4.69) is 25.6 Å². The molecule has 9 heteroatoms. The van der Waals surface area contributed by atoms with Crippen LogP contribution in [0.15, 0.2) is 48.9 Å². The van der Waals surface area contributed by atoms with Crippen LogP contribution < -0.4 is 16.4 Å². The minimum absolute atomic E-state index is 0.0265. The van der Waals surface area contributed by atoms with E-state index < -0.39 is 0 Å². The lowest BCUT2D eigenvalue weighted by Crippen LogP contribution is -2.37. The maximum Gasteiger partial charge on any atom is 0.255 e. The number of nitrogens with zero attached hydrogens (tertiary/aromatic N) is 4. The standard InChI is InChI=1S/C25H30FN7O/c26-20-3-1-17(2-4-20)14-32-10-7-21(16-32)31-25(34)23-11-18(12-29-24(23)27)19-13-30-33(15-19)22-5-8-28-9-6-22/h1-4,11-13,15,21-22,28H,5-10,14,16H2,(H2,27,29)(H,31,34)/t21-/m1/s1. The number of nitrogens with two attached hydrogens (primary N) is 1. The van der Waals surface area contributed by atoms with Gasteiger partial charge < -0.3 is 16.4 Å². The number of carbonyl (C=O) groups excluding carboxylic acids is 1. The van der Waals surface area contributed by atoms with Crippen molar-refractivity contribution in [1.29, 1.82) is 0 Å². The molecule has 1 atom stereocenters. The number of nitrogen functional groups attached to an aromatic ring is 1. The van der Waals surface area contributed by atoms with Gasteiger partial charge in [-0.3, -0.25) is 14.4 Å². The van der Waals surface area contributed by atoms with E-state index in [0.29, 0.717) is 11.6 Å². The summed E-state index contributed by atoms with van der Waals surface area (Å²) in [6.45, 7) is 4.32. The molecule has 2 saturated heterocycles. The second-order valence-corrected chi connectivity index (χ2v) is 9.17. The van der Waals surface area contributed by atoms with E-state index in [0.717, 1.165) is 68.7 Å². The molecule has 2 fully saturated rings. The smallest absolute Gasteiger partial charge is 0.255 e. The average Bonchev–Trinajstić information content (AvgIpc) is 3.51. The fourth-order valence-corrected chi connectivity index (χ4v) is 4.78. The van der Waals surface area contributed by atoms with Crippen LogP contribution in [0.4, 0.5) is 10.2 Å². The number of pyridine rings is 1. The van der Waals surface area contributed by atoms with Gasteiger partial charge in [0.2, 0.25) is 0 Å². The van der Waals surface area contributed by atoms with E-state index in [1.165, 1.54) is 12.1 Å². The average molecular weight is 464 g/mol. The highest BCUT2D eigenvalue weighted by atomic mass is 19.1. The predicted octanol–water partition coefficient (Wildman–Crippen LogP) is 2.60. The minimum atomic E-state index is -0.234. The number of hydrogen-bond donors (Lipinski definition) is 3. The van der Waals surface area contributed by atoms with Crippen LogP contribution in [0.2, 0.25) is 0 Å². The fourth-order valence-electron chi connectivity index (χ4n) is 4.78. The summed E-state index contributed by atoms with van der Waals surface area (Å²) < 4.78 is 15.2. The third kappa shape index (κ3) is 5.10. The summed E-state index contributed by atoms with van der Waals surface area (Å²) in [7, 11) is 0. The number of rotatable bonds is 6. The van der Waals surface area contributed by atoms with Crippen LogP contribution in [0.1, 0.15) is 41.2 Å². The molecule has 0 spiro atoms. The highest BCUT2D eigenvalue weighted by molar-refractivity contribution is 5.99. The van der Waals surface area contributed by atoms with Crippen molar-refractivity contribution in [3.8, 4) is 11.1 Å². The Kier molecular flexibility index (Phi) is 6.55. The topological polar surface area (TPSA) is 101 Å². The molecule has 0 bridgehead atoms. The summed E-state index contributed by atoms with van der Waals surface area (Å²) >= 11 is 0. The Balaban J connectivity index is 1.22. The summed E-state index contributed by atoms with van der Waals surface area (Å²) in [5.41, 5.74) is 9.25. The number of benzene rings is 1. The first kappa shape index (κ1) is 22.5. The number of carbonyl (C=O) groups is 1. The van der Waals surface area contributed by atoms with Gasteiger partial charge in [0.1, 0.15) is 11.6 Å². The van der Waals surface area contributed by atoms with Crippen LogP contribution in [0.3, 0.4) is 0 Å². The number of nitrogens with one attached hydrogen (secondary N) is 2. The lowest BCUT2D eigenvalue weighted by Gasteiger charge is -2.22. The maximum atomic E-state index is 13.1. The molecule has 34 heavy (non-hydrogen) atoms. The molecule has 8 nitrogen and oxygen atoms in total. The fraction of sp³-hybridized carbons (Fsp3) is 0.400. The van der Waals surface area contributed by atoms with Gasteiger partial charge >= 0.3 is 0 Å². The summed E-state index contributed by atoms with van der Waals surface area (Å²) in [5, 5.41) is 11.0. The molecular weight excluding hydrogens is 433 g/mol. The van der Waals surface area contributed by atoms with Crippen molar-refractivity contribution >= 4 is 11.7 Å². The number of halogens is 1. The molecule has 3 aromatic rings. The molecular formula is C25H30FN7O. The van der Waals surface area contributed by atoms with Crippen molar-refractivity contribution in [3.05, 3.63) is 65.9 Å². The molecule has 4 N–H and O–H groups in total. The molecule has 0 unspecified atom stereocenters. The zero-order valence-electron chi connectivity index (χ0n) is 19.1. The normalized spacial score (nSPS) is 19.4.